The van der Waals surface area contributed by atoms with Gasteiger partial charge in [0.2, 0.25) is 5.95 Å². The van der Waals surface area contributed by atoms with E-state index in [0.717, 1.165) is 5.56 Å². The number of carbonyl (C=O) groups excluding carboxylic acids is 3. The average Bonchev–Trinajstić information content (AvgIpc) is 3.19. The molecule has 0 unspecified atom stereocenters. The Morgan fingerprint density at radius 1 is 1.18 bits per heavy atom. The predicted octanol–water partition coefficient (Wildman–Crippen LogP) is 3.18. The molecule has 2 fully saturated rings. The van der Waals surface area contributed by atoms with Crippen molar-refractivity contribution in [2.45, 2.75) is 70.4 Å². The Hall–Kier alpha value is -4.09. The van der Waals surface area contributed by atoms with Gasteiger partial charge in [0.25, 0.3) is 5.91 Å². The van der Waals surface area contributed by atoms with E-state index in [1.807, 2.05) is 24.3 Å². The molecule has 3 heterocycles. The number of amides is 3. The molecule has 3 amide bonds. The lowest BCUT2D eigenvalue weighted by molar-refractivity contribution is -0.121. The fourth-order valence-corrected chi connectivity index (χ4v) is 4.87. The topological polar surface area (TPSA) is 132 Å². The van der Waals surface area contributed by atoms with Crippen molar-refractivity contribution in [2.24, 2.45) is 0 Å². The monoisotopic (exact) mass is 525 g/mol. The van der Waals surface area contributed by atoms with Crippen LogP contribution in [-0.4, -0.2) is 65.6 Å². The summed E-state index contributed by atoms with van der Waals surface area (Å²) >= 11 is 0. The van der Waals surface area contributed by atoms with Crippen molar-refractivity contribution < 1.29 is 33.3 Å². The summed E-state index contributed by atoms with van der Waals surface area (Å²) in [6, 6.07) is 6.90. The molecule has 5 rings (SSSR count). The first-order valence-electron chi connectivity index (χ1n) is 12.5. The third kappa shape index (κ3) is 5.29. The van der Waals surface area contributed by atoms with Gasteiger partial charge in [0, 0.05) is 12.5 Å². The van der Waals surface area contributed by atoms with Crippen molar-refractivity contribution in [2.75, 3.05) is 23.5 Å². The van der Waals surface area contributed by atoms with E-state index in [4.69, 9.17) is 18.9 Å². The maximum absolute atomic E-state index is 12.9. The van der Waals surface area contributed by atoms with Gasteiger partial charge in [-0.15, -0.1) is 0 Å². The highest BCUT2D eigenvalue weighted by Crippen LogP contribution is 2.37. The predicted molar refractivity (Wildman–Crippen MR) is 135 cm³/mol. The fourth-order valence-electron chi connectivity index (χ4n) is 4.87. The molecule has 0 spiro atoms. The number of ether oxygens (including phenoxy) is 4. The van der Waals surface area contributed by atoms with E-state index in [9.17, 15) is 14.4 Å². The van der Waals surface area contributed by atoms with E-state index in [1.165, 1.54) is 16.0 Å². The van der Waals surface area contributed by atoms with Crippen molar-refractivity contribution in [1.82, 2.24) is 15.3 Å². The van der Waals surface area contributed by atoms with Gasteiger partial charge in [-0.3, -0.25) is 9.69 Å². The lowest BCUT2D eigenvalue weighted by Crippen LogP contribution is -2.48. The number of anilines is 2. The molecule has 1 aromatic heterocycles. The minimum atomic E-state index is -0.603. The van der Waals surface area contributed by atoms with Gasteiger partial charge in [-0.25, -0.2) is 19.5 Å². The first kappa shape index (κ1) is 25.6. The molecule has 0 bridgehead atoms. The van der Waals surface area contributed by atoms with Crippen LogP contribution in [0.15, 0.2) is 30.5 Å². The van der Waals surface area contributed by atoms with Gasteiger partial charge < -0.3 is 24.3 Å². The highest BCUT2D eigenvalue weighted by atomic mass is 16.6. The third-order valence-corrected chi connectivity index (χ3v) is 6.60. The van der Waals surface area contributed by atoms with Crippen LogP contribution < -0.4 is 24.6 Å². The molecule has 12 heteroatoms. The quantitative estimate of drug-likeness (QED) is 0.625. The van der Waals surface area contributed by atoms with E-state index in [1.54, 1.807) is 27.9 Å². The summed E-state index contributed by atoms with van der Waals surface area (Å²) in [5.41, 5.74) is 0.275. The first-order valence-corrected chi connectivity index (χ1v) is 12.5. The van der Waals surface area contributed by atoms with Crippen molar-refractivity contribution >= 4 is 29.9 Å². The molecule has 202 valence electrons. The lowest BCUT2D eigenvalue weighted by atomic mass is 9.88. The van der Waals surface area contributed by atoms with E-state index < -0.39 is 23.9 Å². The molecular weight excluding hydrogens is 494 g/mol. The van der Waals surface area contributed by atoms with Gasteiger partial charge in [0.05, 0.1) is 25.9 Å². The Morgan fingerprint density at radius 3 is 2.66 bits per heavy atom. The first-order chi connectivity index (χ1) is 18.1. The maximum Gasteiger partial charge on any atom is 0.417 e. The molecule has 1 aliphatic carbocycles. The molecule has 2 aliphatic heterocycles. The maximum atomic E-state index is 12.9. The zero-order valence-corrected chi connectivity index (χ0v) is 21.8. The van der Waals surface area contributed by atoms with Gasteiger partial charge >= 0.3 is 12.2 Å². The van der Waals surface area contributed by atoms with Crippen LogP contribution in [-0.2, 0) is 20.8 Å². The number of fused-ring (bicyclic) bond motifs is 2. The minimum Gasteiger partial charge on any atom is -0.497 e. The highest BCUT2D eigenvalue weighted by Gasteiger charge is 2.48. The molecule has 0 radical (unpaired) electrons. The zero-order valence-electron chi connectivity index (χ0n) is 21.8. The Bertz CT molecular complexity index is 1230. The number of methoxy groups -OCH3 is 1. The summed E-state index contributed by atoms with van der Waals surface area (Å²) in [5.74, 6) is 1.24. The molecule has 1 saturated carbocycles. The average molecular weight is 526 g/mol. The van der Waals surface area contributed by atoms with Gasteiger partial charge in [0.15, 0.2) is 18.2 Å². The molecule has 3 atom stereocenters. The van der Waals surface area contributed by atoms with E-state index >= 15 is 0 Å². The minimum absolute atomic E-state index is 0.131. The Labute approximate surface area is 220 Å². The normalized spacial score (nSPS) is 22.7. The van der Waals surface area contributed by atoms with Crippen LogP contribution in [0.4, 0.5) is 21.4 Å². The number of carbonyl (C=O) groups is 3. The van der Waals surface area contributed by atoms with Crippen LogP contribution in [0.5, 0.6) is 11.5 Å². The smallest absolute Gasteiger partial charge is 0.417 e. The van der Waals surface area contributed by atoms with Gasteiger partial charge in [-0.05, 0) is 51.3 Å². The van der Waals surface area contributed by atoms with E-state index in [0.29, 0.717) is 36.6 Å². The molecule has 12 nitrogen and oxygen atoms in total. The molecule has 3 aliphatic rings. The van der Waals surface area contributed by atoms with Crippen LogP contribution in [0.1, 0.15) is 45.6 Å². The van der Waals surface area contributed by atoms with Crippen molar-refractivity contribution in [3.63, 3.8) is 0 Å². The standard InChI is InChI=1S/C26H31N5O7/c1-26(2,3)38-24(33)28-16-7-10-18-19(11-16)37-25(34)31(18)23-27-12-20-22(29-23)30(21(32)14-36-20)13-15-5-8-17(35-4)9-6-15/h5-6,8-9,12,16,18-19H,7,10-11,13-14H2,1-4H3,(H,28,33)/t16-,18-,19+/m0/s1. The number of alkyl carbamates (subject to hydrolysis) is 1. The third-order valence-electron chi connectivity index (χ3n) is 6.60. The summed E-state index contributed by atoms with van der Waals surface area (Å²) in [6.07, 6.45) is 1.61. The summed E-state index contributed by atoms with van der Waals surface area (Å²) in [7, 11) is 1.59. The number of benzene rings is 1. The van der Waals surface area contributed by atoms with Crippen molar-refractivity contribution in [3.05, 3.63) is 36.0 Å². The molecule has 1 aromatic carbocycles. The number of hydrogen-bond donors (Lipinski definition) is 1. The van der Waals surface area contributed by atoms with Crippen LogP contribution in [0.2, 0.25) is 0 Å². The number of aromatic nitrogens is 2. The number of nitrogens with one attached hydrogen (secondary N) is 1. The Balaban J connectivity index is 1.32. The summed E-state index contributed by atoms with van der Waals surface area (Å²) < 4.78 is 21.8. The van der Waals surface area contributed by atoms with Crippen molar-refractivity contribution in [1.29, 1.82) is 0 Å². The largest absolute Gasteiger partial charge is 0.497 e. The van der Waals surface area contributed by atoms with E-state index in [2.05, 4.69) is 15.3 Å². The summed E-state index contributed by atoms with van der Waals surface area (Å²) in [5, 5.41) is 2.87. The zero-order chi connectivity index (χ0) is 27.0. The second-order valence-electron chi connectivity index (χ2n) is 10.5. The SMILES string of the molecule is COc1ccc(CN2C(=O)COc3cnc(N4C(=O)O[C@@H]5C[C@@H](NC(=O)OC(C)(C)C)CC[C@@H]54)nc32)cc1. The number of nitrogens with zero attached hydrogens (tertiary/aromatic N) is 4. The van der Waals surface area contributed by atoms with E-state index in [-0.39, 0.29) is 37.1 Å². The molecule has 1 N–H and O–H groups in total. The van der Waals surface area contributed by atoms with Crippen LogP contribution in [0.25, 0.3) is 0 Å². The molecule has 1 saturated heterocycles. The second kappa shape index (κ2) is 9.99. The second-order valence-corrected chi connectivity index (χ2v) is 10.5. The highest BCUT2D eigenvalue weighted by molar-refractivity contribution is 5.97. The lowest BCUT2D eigenvalue weighted by Gasteiger charge is -2.33. The number of hydrogen-bond acceptors (Lipinski definition) is 9. The molecule has 2 aromatic rings. The van der Waals surface area contributed by atoms with Gasteiger partial charge in [-0.1, -0.05) is 12.1 Å². The van der Waals surface area contributed by atoms with Gasteiger partial charge in [-0.2, -0.15) is 4.98 Å². The summed E-state index contributed by atoms with van der Waals surface area (Å²) in [4.78, 5) is 49.8. The number of rotatable bonds is 5. The van der Waals surface area contributed by atoms with Crippen LogP contribution in [0, 0.1) is 0 Å². The fraction of sp³-hybridized carbons (Fsp3) is 0.500. The van der Waals surface area contributed by atoms with Gasteiger partial charge in [0.1, 0.15) is 17.5 Å². The Morgan fingerprint density at radius 2 is 1.95 bits per heavy atom. The Kier molecular flexibility index (Phi) is 6.72. The molecular formula is C26H31N5O7. The van der Waals surface area contributed by atoms with Crippen LogP contribution in [0.3, 0.4) is 0 Å². The van der Waals surface area contributed by atoms with Crippen LogP contribution >= 0.6 is 0 Å². The van der Waals surface area contributed by atoms with Crippen molar-refractivity contribution in [3.8, 4) is 11.5 Å². The summed E-state index contributed by atoms with van der Waals surface area (Å²) in [6.45, 7) is 5.54. The molecule has 38 heavy (non-hydrogen) atoms.